The number of amides is 1. The molecule has 0 aromatic carbocycles. The lowest BCUT2D eigenvalue weighted by Gasteiger charge is -2.00. The van der Waals surface area contributed by atoms with Crippen molar-refractivity contribution < 1.29 is 10.0 Å². The van der Waals surface area contributed by atoms with Crippen molar-refractivity contribution in [2.75, 3.05) is 5.32 Å². The number of nitrogens with one attached hydrogen (secondary N) is 2. The number of imidazole rings is 1. The second kappa shape index (κ2) is 6.69. The molecule has 4 rings (SSSR count). The van der Waals surface area contributed by atoms with Crippen LogP contribution in [0.2, 0.25) is 5.02 Å². The molecule has 0 spiro atoms. The van der Waals surface area contributed by atoms with Crippen molar-refractivity contribution in [2.24, 2.45) is 0 Å². The lowest BCUT2D eigenvalue weighted by Crippen LogP contribution is -2.16. The molecule has 0 saturated carbocycles. The largest absolute Gasteiger partial charge is 0.323 e. The maximum absolute atomic E-state index is 11.4. The molecule has 0 saturated heterocycles. The Kier molecular flexibility index (Phi) is 4.37. The molecule has 3 N–H and O–H groups in total. The summed E-state index contributed by atoms with van der Waals surface area (Å²) >= 11 is 8.82. The van der Waals surface area contributed by atoms with Gasteiger partial charge in [-0.1, -0.05) is 22.9 Å². The molecule has 26 heavy (non-hydrogen) atoms. The Morgan fingerprint density at radius 2 is 2.12 bits per heavy atom. The number of rotatable bonds is 4. The molecule has 0 aliphatic rings. The minimum Gasteiger partial charge on any atom is -0.323 e. The van der Waals surface area contributed by atoms with E-state index < -0.39 is 5.91 Å². The van der Waals surface area contributed by atoms with Crippen molar-refractivity contribution in [2.45, 2.75) is 6.92 Å². The Balaban J connectivity index is 1.64. The number of pyridine rings is 1. The normalized spacial score (nSPS) is 11.0. The number of thiophene rings is 1. The van der Waals surface area contributed by atoms with Gasteiger partial charge in [0.2, 0.25) is 0 Å². The number of aromatic nitrogens is 3. The van der Waals surface area contributed by atoms with Crippen molar-refractivity contribution >= 4 is 56.0 Å². The predicted molar refractivity (Wildman–Crippen MR) is 103 cm³/mol. The fourth-order valence-electron chi connectivity index (χ4n) is 2.56. The lowest BCUT2D eigenvalue weighted by molar-refractivity contribution is 0.0711. The summed E-state index contributed by atoms with van der Waals surface area (Å²) in [5, 5.41) is 13.9. The Labute approximate surface area is 160 Å². The molecular formula is C16H12ClN5O2S2. The third kappa shape index (κ3) is 3.06. The molecule has 0 fully saturated rings. The maximum atomic E-state index is 11.4. The van der Waals surface area contributed by atoms with E-state index in [4.69, 9.17) is 16.8 Å². The van der Waals surface area contributed by atoms with E-state index in [0.29, 0.717) is 15.0 Å². The highest BCUT2D eigenvalue weighted by Gasteiger charge is 2.15. The van der Waals surface area contributed by atoms with Gasteiger partial charge in [-0.25, -0.2) is 15.4 Å². The maximum Gasteiger partial charge on any atom is 0.284 e. The molecular weight excluding hydrogens is 394 g/mol. The summed E-state index contributed by atoms with van der Waals surface area (Å²) in [4.78, 5) is 21.7. The van der Waals surface area contributed by atoms with E-state index in [-0.39, 0.29) is 0 Å². The second-order valence-corrected chi connectivity index (χ2v) is 7.93. The van der Waals surface area contributed by atoms with Crippen LogP contribution in [0.3, 0.4) is 0 Å². The molecule has 4 aromatic rings. The highest BCUT2D eigenvalue weighted by atomic mass is 35.5. The van der Waals surface area contributed by atoms with Crippen LogP contribution in [0.4, 0.5) is 10.1 Å². The first-order chi connectivity index (χ1) is 12.5. The molecule has 0 aliphatic carbocycles. The van der Waals surface area contributed by atoms with Crippen LogP contribution in [0.15, 0.2) is 36.7 Å². The number of carbonyl (C=O) groups is 1. The molecule has 0 bridgehead atoms. The van der Waals surface area contributed by atoms with Crippen LogP contribution in [0.25, 0.3) is 16.2 Å². The summed E-state index contributed by atoms with van der Waals surface area (Å²) in [7, 11) is 0. The molecule has 0 radical (unpaired) electrons. The van der Waals surface area contributed by atoms with Gasteiger partial charge >= 0.3 is 0 Å². The minimum atomic E-state index is -0.541. The summed E-state index contributed by atoms with van der Waals surface area (Å²) < 4.78 is 1.95. The molecule has 10 heteroatoms. The smallest absolute Gasteiger partial charge is 0.284 e. The number of aryl methyl sites for hydroxylation is 1. The van der Waals surface area contributed by atoms with Crippen LogP contribution in [0, 0.1) is 6.92 Å². The van der Waals surface area contributed by atoms with E-state index >= 15 is 0 Å². The zero-order chi connectivity index (χ0) is 18.3. The van der Waals surface area contributed by atoms with E-state index in [0.717, 1.165) is 26.9 Å². The average molecular weight is 406 g/mol. The predicted octanol–water partition coefficient (Wildman–Crippen LogP) is 4.34. The number of thiazole rings is 1. The van der Waals surface area contributed by atoms with Crippen LogP contribution < -0.4 is 10.8 Å². The standard InChI is InChI=1S/C16H12ClN5O2S2/c1-8-14(22-7-9(17)2-4-12(22)19-8)11-6-18-16(26-11)20-13-5-3-10(25-13)15(23)21-24/h2-7,24H,1H3,(H,18,20)(H,21,23). The zero-order valence-electron chi connectivity index (χ0n) is 13.4. The van der Waals surface area contributed by atoms with Gasteiger partial charge in [0, 0.05) is 12.4 Å². The van der Waals surface area contributed by atoms with Gasteiger partial charge in [0.15, 0.2) is 5.13 Å². The summed E-state index contributed by atoms with van der Waals surface area (Å²) in [6.07, 6.45) is 3.61. The van der Waals surface area contributed by atoms with Crippen molar-refractivity contribution in [3.05, 3.63) is 52.3 Å². The Hall–Kier alpha value is -2.46. The van der Waals surface area contributed by atoms with Crippen LogP contribution in [-0.4, -0.2) is 25.5 Å². The van der Waals surface area contributed by atoms with Gasteiger partial charge < -0.3 is 5.32 Å². The van der Waals surface area contributed by atoms with E-state index in [1.54, 1.807) is 23.8 Å². The quantitative estimate of drug-likeness (QED) is 0.347. The van der Waals surface area contributed by atoms with Crippen LogP contribution >= 0.6 is 34.3 Å². The number of anilines is 2. The number of hydrogen-bond donors (Lipinski definition) is 3. The van der Waals surface area contributed by atoms with Crippen molar-refractivity contribution in [3.63, 3.8) is 0 Å². The second-order valence-electron chi connectivity index (χ2n) is 5.38. The van der Waals surface area contributed by atoms with Crippen molar-refractivity contribution in [1.82, 2.24) is 19.8 Å². The fraction of sp³-hybridized carbons (Fsp3) is 0.0625. The summed E-state index contributed by atoms with van der Waals surface area (Å²) in [5.74, 6) is -0.541. The van der Waals surface area contributed by atoms with Gasteiger partial charge in [-0.05, 0) is 31.2 Å². The van der Waals surface area contributed by atoms with Crippen LogP contribution in [-0.2, 0) is 0 Å². The van der Waals surface area contributed by atoms with Gasteiger partial charge in [0.05, 0.1) is 31.2 Å². The number of nitrogens with zero attached hydrogens (tertiary/aromatic N) is 3. The van der Waals surface area contributed by atoms with E-state index in [1.807, 2.05) is 29.7 Å². The minimum absolute atomic E-state index is 0.402. The van der Waals surface area contributed by atoms with Crippen LogP contribution in [0.5, 0.6) is 0 Å². The van der Waals surface area contributed by atoms with Gasteiger partial charge in [-0.3, -0.25) is 14.4 Å². The van der Waals surface area contributed by atoms with Gasteiger partial charge in [0.25, 0.3) is 5.91 Å². The Morgan fingerprint density at radius 1 is 1.27 bits per heavy atom. The van der Waals surface area contributed by atoms with Gasteiger partial charge in [0.1, 0.15) is 5.65 Å². The van der Waals surface area contributed by atoms with E-state index in [1.165, 1.54) is 22.7 Å². The molecule has 4 heterocycles. The molecule has 4 aromatic heterocycles. The number of carbonyl (C=O) groups excluding carboxylic acids is 1. The van der Waals surface area contributed by atoms with Crippen molar-refractivity contribution in [1.29, 1.82) is 0 Å². The van der Waals surface area contributed by atoms with Gasteiger partial charge in [-0.2, -0.15) is 0 Å². The highest BCUT2D eigenvalue weighted by Crippen LogP contribution is 2.35. The summed E-state index contributed by atoms with van der Waals surface area (Å²) in [6.45, 7) is 1.95. The first kappa shape index (κ1) is 17.0. The number of hydrogen-bond acceptors (Lipinski definition) is 7. The van der Waals surface area contributed by atoms with Gasteiger partial charge in [-0.15, -0.1) is 11.3 Å². The molecule has 132 valence electrons. The third-order valence-corrected chi connectivity index (χ3v) is 5.80. The summed E-state index contributed by atoms with van der Waals surface area (Å²) in [6, 6.07) is 7.07. The number of fused-ring (bicyclic) bond motifs is 1. The first-order valence-corrected chi connectivity index (χ1v) is 9.48. The lowest BCUT2D eigenvalue weighted by atomic mass is 10.3. The topological polar surface area (TPSA) is 91.5 Å². The molecule has 0 unspecified atom stereocenters. The first-order valence-electron chi connectivity index (χ1n) is 7.47. The Bertz CT molecular complexity index is 1120. The number of halogens is 1. The van der Waals surface area contributed by atoms with Crippen LogP contribution in [0.1, 0.15) is 15.4 Å². The van der Waals surface area contributed by atoms with E-state index in [9.17, 15) is 4.79 Å². The summed E-state index contributed by atoms with van der Waals surface area (Å²) in [5.41, 5.74) is 4.27. The van der Waals surface area contributed by atoms with E-state index in [2.05, 4.69) is 15.3 Å². The average Bonchev–Trinajstić information content (AvgIpc) is 3.33. The molecule has 7 nitrogen and oxygen atoms in total. The fourth-order valence-corrected chi connectivity index (χ4v) is 4.51. The molecule has 0 aliphatic heterocycles. The third-order valence-electron chi connectivity index (χ3n) is 3.66. The molecule has 1 amide bonds. The monoisotopic (exact) mass is 405 g/mol. The SMILES string of the molecule is Cc1nc2ccc(Cl)cn2c1-c1cnc(Nc2ccc(C(=O)NO)s2)s1. The number of hydroxylamine groups is 1. The zero-order valence-corrected chi connectivity index (χ0v) is 15.7. The van der Waals surface area contributed by atoms with Crippen molar-refractivity contribution in [3.8, 4) is 10.6 Å². The highest BCUT2D eigenvalue weighted by molar-refractivity contribution is 7.20. The molecule has 0 atom stereocenters. The Morgan fingerprint density at radius 3 is 2.92 bits per heavy atom.